The zero-order valence-corrected chi connectivity index (χ0v) is 12.8. The van der Waals surface area contributed by atoms with Gasteiger partial charge in [-0.3, -0.25) is 14.4 Å². The lowest BCUT2D eigenvalue weighted by molar-refractivity contribution is -0.142. The molecule has 0 fully saturated rings. The zero-order valence-electron chi connectivity index (χ0n) is 12.8. The number of benzene rings is 2. The Balaban J connectivity index is 2.03. The Hall–Kier alpha value is -2.75. The van der Waals surface area contributed by atoms with Crippen LogP contribution in [-0.4, -0.2) is 24.1 Å². The number of hydrogen-bond donors (Lipinski definition) is 0. The smallest absolute Gasteiger partial charge is 0.310 e. The van der Waals surface area contributed by atoms with Gasteiger partial charge in [-0.15, -0.1) is 0 Å². The Kier molecular flexibility index (Phi) is 4.06. The van der Waals surface area contributed by atoms with Gasteiger partial charge in [-0.25, -0.2) is 0 Å². The first-order valence-electron chi connectivity index (χ1n) is 7.54. The molecule has 0 radical (unpaired) electrons. The van der Waals surface area contributed by atoms with Crippen LogP contribution in [0.3, 0.4) is 0 Å². The molecule has 1 aliphatic rings. The maximum atomic E-state index is 12.8. The van der Waals surface area contributed by atoms with Crippen LogP contribution in [0, 0.1) is 0 Å². The standard InChI is InChI=1S/C19H16O4/c1-2-23-18(21)10-12-7-8-15-16(9-12)19(22)14-6-4-3-5-13(14)11-17(15)20/h3-9H,2,10-11H2,1H3. The van der Waals surface area contributed by atoms with E-state index in [0.717, 1.165) is 5.56 Å². The van der Waals surface area contributed by atoms with E-state index in [9.17, 15) is 14.4 Å². The molecule has 0 N–H and O–H groups in total. The van der Waals surface area contributed by atoms with Gasteiger partial charge in [0.05, 0.1) is 13.0 Å². The predicted molar refractivity (Wildman–Crippen MR) is 84.7 cm³/mol. The van der Waals surface area contributed by atoms with E-state index in [4.69, 9.17) is 4.74 Å². The SMILES string of the molecule is CCOC(=O)Cc1ccc2c(c1)C(=O)c1ccccc1CC2=O. The highest BCUT2D eigenvalue weighted by Crippen LogP contribution is 2.25. The lowest BCUT2D eigenvalue weighted by Crippen LogP contribution is -2.11. The maximum absolute atomic E-state index is 12.8. The molecular weight excluding hydrogens is 292 g/mol. The van der Waals surface area contributed by atoms with Gasteiger partial charge in [0.1, 0.15) is 0 Å². The molecule has 0 bridgehead atoms. The molecule has 0 aromatic heterocycles. The van der Waals surface area contributed by atoms with Gasteiger partial charge < -0.3 is 4.74 Å². The fraction of sp³-hybridized carbons (Fsp3) is 0.211. The van der Waals surface area contributed by atoms with Crippen LogP contribution >= 0.6 is 0 Å². The van der Waals surface area contributed by atoms with Crippen molar-refractivity contribution in [1.29, 1.82) is 0 Å². The number of fused-ring (bicyclic) bond motifs is 2. The summed E-state index contributed by atoms with van der Waals surface area (Å²) >= 11 is 0. The molecule has 0 saturated heterocycles. The van der Waals surface area contributed by atoms with Crippen molar-refractivity contribution >= 4 is 17.5 Å². The monoisotopic (exact) mass is 308 g/mol. The third-order valence-corrected chi connectivity index (χ3v) is 3.90. The highest BCUT2D eigenvalue weighted by molar-refractivity contribution is 6.19. The highest BCUT2D eigenvalue weighted by Gasteiger charge is 2.26. The average molecular weight is 308 g/mol. The quantitative estimate of drug-likeness (QED) is 0.818. The Labute approximate surface area is 134 Å². The number of esters is 1. The first-order chi connectivity index (χ1) is 11.1. The second-order valence-electron chi connectivity index (χ2n) is 5.45. The highest BCUT2D eigenvalue weighted by atomic mass is 16.5. The fourth-order valence-electron chi connectivity index (χ4n) is 2.82. The van der Waals surface area contributed by atoms with Crippen LogP contribution in [-0.2, 0) is 22.4 Å². The predicted octanol–water partition coefficient (Wildman–Crippen LogP) is 2.76. The molecule has 4 nitrogen and oxygen atoms in total. The van der Waals surface area contributed by atoms with Crippen LogP contribution in [0.15, 0.2) is 42.5 Å². The van der Waals surface area contributed by atoms with E-state index in [2.05, 4.69) is 0 Å². The molecule has 0 amide bonds. The van der Waals surface area contributed by atoms with E-state index in [1.165, 1.54) is 0 Å². The van der Waals surface area contributed by atoms with Crippen LogP contribution in [0.1, 0.15) is 44.3 Å². The summed E-state index contributed by atoms with van der Waals surface area (Å²) in [6.45, 7) is 2.06. The third-order valence-electron chi connectivity index (χ3n) is 3.90. The number of carbonyl (C=O) groups excluding carboxylic acids is 3. The summed E-state index contributed by atoms with van der Waals surface area (Å²) in [4.78, 5) is 36.8. The van der Waals surface area contributed by atoms with Crippen LogP contribution < -0.4 is 0 Å². The van der Waals surface area contributed by atoms with Crippen molar-refractivity contribution in [3.05, 3.63) is 70.3 Å². The van der Waals surface area contributed by atoms with Gasteiger partial charge >= 0.3 is 5.97 Å². The topological polar surface area (TPSA) is 60.4 Å². The molecule has 2 aromatic rings. The van der Waals surface area contributed by atoms with Crippen LogP contribution in [0.5, 0.6) is 0 Å². The van der Waals surface area contributed by atoms with Gasteiger partial charge in [-0.1, -0.05) is 36.4 Å². The minimum absolute atomic E-state index is 0.0824. The van der Waals surface area contributed by atoms with E-state index in [0.29, 0.717) is 28.9 Å². The lowest BCUT2D eigenvalue weighted by Gasteiger charge is -2.08. The lowest BCUT2D eigenvalue weighted by atomic mass is 9.96. The molecule has 23 heavy (non-hydrogen) atoms. The summed E-state index contributed by atoms with van der Waals surface area (Å²) < 4.78 is 4.93. The fourth-order valence-corrected chi connectivity index (χ4v) is 2.82. The molecule has 3 rings (SSSR count). The summed E-state index contributed by atoms with van der Waals surface area (Å²) in [5.41, 5.74) is 2.74. The van der Waals surface area contributed by atoms with Crippen LogP contribution in [0.2, 0.25) is 0 Å². The van der Waals surface area contributed by atoms with E-state index in [-0.39, 0.29) is 30.4 Å². The van der Waals surface area contributed by atoms with Crippen molar-refractivity contribution < 1.29 is 19.1 Å². The molecule has 0 atom stereocenters. The van der Waals surface area contributed by atoms with Gasteiger partial charge in [0.25, 0.3) is 0 Å². The zero-order chi connectivity index (χ0) is 16.4. The van der Waals surface area contributed by atoms with Crippen molar-refractivity contribution in [2.45, 2.75) is 19.8 Å². The largest absolute Gasteiger partial charge is 0.466 e. The Morgan fingerprint density at radius 3 is 2.61 bits per heavy atom. The molecule has 4 heteroatoms. The summed E-state index contributed by atoms with van der Waals surface area (Å²) in [6, 6.07) is 12.1. The normalized spacial score (nSPS) is 13.1. The number of carbonyl (C=O) groups is 3. The maximum Gasteiger partial charge on any atom is 0.310 e. The van der Waals surface area contributed by atoms with Crippen molar-refractivity contribution in [1.82, 2.24) is 0 Å². The second kappa shape index (κ2) is 6.16. The summed E-state index contributed by atoms with van der Waals surface area (Å²) in [5.74, 6) is -0.603. The minimum atomic E-state index is -0.347. The second-order valence-corrected chi connectivity index (χ2v) is 5.45. The van der Waals surface area contributed by atoms with Crippen LogP contribution in [0.4, 0.5) is 0 Å². The van der Waals surface area contributed by atoms with Crippen LogP contribution in [0.25, 0.3) is 0 Å². The summed E-state index contributed by atoms with van der Waals surface area (Å²) in [5, 5.41) is 0. The van der Waals surface area contributed by atoms with Crippen molar-refractivity contribution in [3.8, 4) is 0 Å². The van der Waals surface area contributed by atoms with E-state index in [1.54, 1.807) is 43.3 Å². The number of Topliss-reactive ketones (excluding diaryl/α,β-unsaturated/α-hetero) is 1. The molecule has 0 spiro atoms. The molecule has 0 heterocycles. The molecule has 0 unspecified atom stereocenters. The van der Waals surface area contributed by atoms with Gasteiger partial charge in [-0.2, -0.15) is 0 Å². The van der Waals surface area contributed by atoms with Gasteiger partial charge in [0, 0.05) is 23.1 Å². The number of hydrogen-bond acceptors (Lipinski definition) is 4. The van der Waals surface area contributed by atoms with E-state index >= 15 is 0 Å². The third kappa shape index (κ3) is 2.93. The molecule has 0 aliphatic heterocycles. The first-order valence-corrected chi connectivity index (χ1v) is 7.54. The molecular formula is C19H16O4. The van der Waals surface area contributed by atoms with Gasteiger partial charge in [0.2, 0.25) is 0 Å². The van der Waals surface area contributed by atoms with Crippen molar-refractivity contribution in [2.24, 2.45) is 0 Å². The van der Waals surface area contributed by atoms with E-state index < -0.39 is 0 Å². The van der Waals surface area contributed by atoms with Gasteiger partial charge in [-0.05, 0) is 24.1 Å². The number of ether oxygens (including phenoxy) is 1. The molecule has 1 aliphatic carbocycles. The molecule has 0 saturated carbocycles. The average Bonchev–Trinajstić information content (AvgIpc) is 2.64. The Bertz CT molecular complexity index is 805. The Morgan fingerprint density at radius 1 is 1.04 bits per heavy atom. The van der Waals surface area contributed by atoms with Crippen molar-refractivity contribution in [3.63, 3.8) is 0 Å². The van der Waals surface area contributed by atoms with E-state index in [1.807, 2.05) is 6.07 Å². The number of ketones is 2. The Morgan fingerprint density at radius 2 is 1.83 bits per heavy atom. The minimum Gasteiger partial charge on any atom is -0.466 e. The summed E-state index contributed by atoms with van der Waals surface area (Å²) in [7, 11) is 0. The first kappa shape index (κ1) is 15.2. The summed E-state index contributed by atoms with van der Waals surface area (Å²) in [6.07, 6.45) is 0.302. The molecule has 2 aromatic carbocycles. The van der Waals surface area contributed by atoms with Gasteiger partial charge in [0.15, 0.2) is 11.6 Å². The van der Waals surface area contributed by atoms with Crippen molar-refractivity contribution in [2.75, 3.05) is 6.61 Å². The molecule has 116 valence electrons. The number of rotatable bonds is 3.